The van der Waals surface area contributed by atoms with Gasteiger partial charge in [-0.15, -0.1) is 12.4 Å². The molecule has 0 spiro atoms. The Morgan fingerprint density at radius 3 is 2.30 bits per heavy atom. The molecule has 8 heteroatoms. The summed E-state index contributed by atoms with van der Waals surface area (Å²) >= 11 is 0. The lowest BCUT2D eigenvalue weighted by Gasteiger charge is -2.29. The van der Waals surface area contributed by atoms with Gasteiger partial charge in [-0.3, -0.25) is 5.10 Å². The van der Waals surface area contributed by atoms with Crippen LogP contribution in [-0.4, -0.2) is 36.7 Å². The highest BCUT2D eigenvalue weighted by Crippen LogP contribution is 2.28. The first kappa shape index (κ1) is 15.8. The molecule has 0 aliphatic carbocycles. The fraction of sp³-hybridized carbons (Fsp3) is 0.750. The number of nitrogens with one attached hydrogen (secondary N) is 3. The van der Waals surface area contributed by atoms with Gasteiger partial charge < -0.3 is 5.32 Å². The molecular formula is C12H21ClN4O2S. The zero-order valence-corrected chi connectivity index (χ0v) is 13.3. The van der Waals surface area contributed by atoms with Crippen molar-refractivity contribution in [2.24, 2.45) is 0 Å². The highest BCUT2D eigenvalue weighted by atomic mass is 35.5. The van der Waals surface area contributed by atoms with Crippen LogP contribution >= 0.6 is 12.4 Å². The van der Waals surface area contributed by atoms with Crippen LogP contribution in [-0.2, 0) is 10.0 Å². The van der Waals surface area contributed by atoms with Crippen LogP contribution in [0.5, 0.6) is 0 Å². The second-order valence-corrected chi connectivity index (χ2v) is 7.34. The maximum absolute atomic E-state index is 12.4. The minimum absolute atomic E-state index is 0. The molecule has 0 radical (unpaired) electrons. The molecule has 20 heavy (non-hydrogen) atoms. The van der Waals surface area contributed by atoms with E-state index in [4.69, 9.17) is 0 Å². The van der Waals surface area contributed by atoms with Crippen LogP contribution in [0.4, 0.5) is 0 Å². The number of nitrogens with zero attached hydrogens (tertiary/aromatic N) is 1. The minimum Gasteiger partial charge on any atom is -0.311 e. The molecule has 1 aromatic rings. The number of H-pyrrole nitrogens is 1. The molecule has 2 aliphatic heterocycles. The van der Waals surface area contributed by atoms with Crippen molar-refractivity contribution in [2.45, 2.75) is 62.6 Å². The summed E-state index contributed by atoms with van der Waals surface area (Å²) in [6.07, 6.45) is 4.08. The average molecular weight is 321 g/mol. The molecule has 6 nitrogen and oxygen atoms in total. The van der Waals surface area contributed by atoms with Gasteiger partial charge in [0.15, 0.2) is 0 Å². The standard InChI is InChI=1S/C12H20N4O2S.ClH/c1-7-12(8(2)15-14-7)19(17,18)16-11-5-9-3-4-10(6-11)13-9;/h9-11,13,16H,3-6H2,1-2H3,(H,14,15);1H. The van der Waals surface area contributed by atoms with E-state index in [0.29, 0.717) is 28.4 Å². The lowest BCUT2D eigenvalue weighted by atomic mass is 10.0. The van der Waals surface area contributed by atoms with E-state index in [1.54, 1.807) is 13.8 Å². The number of rotatable bonds is 3. The smallest absolute Gasteiger partial charge is 0.244 e. The number of piperidine rings is 1. The molecule has 0 saturated carbocycles. The summed E-state index contributed by atoms with van der Waals surface area (Å²) in [6.45, 7) is 3.45. The molecule has 2 aliphatic rings. The van der Waals surface area contributed by atoms with Gasteiger partial charge in [-0.05, 0) is 39.5 Å². The summed E-state index contributed by atoms with van der Waals surface area (Å²) in [5, 5.41) is 10.2. The predicted molar refractivity (Wildman–Crippen MR) is 78.6 cm³/mol. The number of halogens is 1. The first-order chi connectivity index (χ1) is 8.95. The molecule has 2 unspecified atom stereocenters. The quantitative estimate of drug-likeness (QED) is 0.775. The Bertz CT molecular complexity index is 555. The van der Waals surface area contributed by atoms with Crippen LogP contribution in [0.25, 0.3) is 0 Å². The van der Waals surface area contributed by atoms with Crippen molar-refractivity contribution in [1.29, 1.82) is 0 Å². The van der Waals surface area contributed by atoms with Crippen molar-refractivity contribution in [1.82, 2.24) is 20.2 Å². The summed E-state index contributed by atoms with van der Waals surface area (Å²) in [7, 11) is -3.47. The molecular weight excluding hydrogens is 300 g/mol. The van der Waals surface area contributed by atoms with Gasteiger partial charge in [-0.1, -0.05) is 0 Å². The fourth-order valence-corrected chi connectivity index (χ4v) is 5.00. The Labute approximate surface area is 125 Å². The van der Waals surface area contributed by atoms with E-state index in [0.717, 1.165) is 25.7 Å². The summed E-state index contributed by atoms with van der Waals surface area (Å²) in [5.41, 5.74) is 1.13. The first-order valence-electron chi connectivity index (χ1n) is 6.75. The van der Waals surface area contributed by atoms with Gasteiger partial charge in [0, 0.05) is 18.1 Å². The molecule has 114 valence electrons. The normalized spacial score (nSPS) is 29.2. The molecule has 0 amide bonds. The van der Waals surface area contributed by atoms with Crippen LogP contribution in [0, 0.1) is 13.8 Å². The Morgan fingerprint density at radius 2 is 1.80 bits per heavy atom. The van der Waals surface area contributed by atoms with E-state index in [9.17, 15) is 8.42 Å². The maximum atomic E-state index is 12.4. The minimum atomic E-state index is -3.47. The van der Waals surface area contributed by atoms with Gasteiger partial charge in [0.25, 0.3) is 0 Å². The molecule has 2 saturated heterocycles. The molecule has 2 atom stereocenters. The van der Waals surface area contributed by atoms with Gasteiger partial charge >= 0.3 is 0 Å². The third-order valence-corrected chi connectivity index (χ3v) is 5.91. The van der Waals surface area contributed by atoms with E-state index in [1.807, 2.05) is 0 Å². The van der Waals surface area contributed by atoms with Crippen molar-refractivity contribution in [3.8, 4) is 0 Å². The number of fused-ring (bicyclic) bond motifs is 2. The van der Waals surface area contributed by atoms with E-state index < -0.39 is 10.0 Å². The first-order valence-corrected chi connectivity index (χ1v) is 8.24. The molecule has 1 aromatic heterocycles. The number of aromatic nitrogens is 2. The highest BCUT2D eigenvalue weighted by Gasteiger charge is 2.36. The van der Waals surface area contributed by atoms with Crippen molar-refractivity contribution >= 4 is 22.4 Å². The third-order valence-electron chi connectivity index (χ3n) is 4.12. The lowest BCUT2D eigenvalue weighted by molar-refractivity contribution is 0.345. The van der Waals surface area contributed by atoms with E-state index in [2.05, 4.69) is 20.2 Å². The number of hydrogen-bond acceptors (Lipinski definition) is 4. The molecule has 3 N–H and O–H groups in total. The van der Waals surface area contributed by atoms with Crippen LogP contribution < -0.4 is 10.0 Å². The molecule has 3 rings (SSSR count). The molecule has 0 aromatic carbocycles. The topological polar surface area (TPSA) is 86.9 Å². The van der Waals surface area contributed by atoms with Gasteiger partial charge in [0.1, 0.15) is 4.90 Å². The van der Waals surface area contributed by atoms with E-state index >= 15 is 0 Å². The second-order valence-electron chi connectivity index (χ2n) is 5.69. The van der Waals surface area contributed by atoms with Gasteiger partial charge in [0.05, 0.1) is 11.4 Å². The zero-order valence-electron chi connectivity index (χ0n) is 11.6. The largest absolute Gasteiger partial charge is 0.311 e. The van der Waals surface area contributed by atoms with Crippen molar-refractivity contribution < 1.29 is 8.42 Å². The van der Waals surface area contributed by atoms with Gasteiger partial charge in [0.2, 0.25) is 10.0 Å². The van der Waals surface area contributed by atoms with Crippen LogP contribution in [0.3, 0.4) is 0 Å². The third kappa shape index (κ3) is 2.86. The second kappa shape index (κ2) is 5.63. The predicted octanol–water partition coefficient (Wildman–Crippen LogP) is 1.01. The number of sulfonamides is 1. The Hall–Kier alpha value is -0.630. The molecule has 2 bridgehead atoms. The number of aryl methyl sites for hydroxylation is 2. The Morgan fingerprint density at radius 1 is 1.20 bits per heavy atom. The molecule has 2 fully saturated rings. The Kier molecular flexibility index (Phi) is 4.44. The molecule has 3 heterocycles. The van der Waals surface area contributed by atoms with Crippen LogP contribution in [0.15, 0.2) is 4.90 Å². The SMILES string of the molecule is Cc1n[nH]c(C)c1S(=O)(=O)NC1CC2CCC(C1)N2.Cl. The average Bonchev–Trinajstić information content (AvgIpc) is 2.82. The summed E-state index contributed by atoms with van der Waals surface area (Å²) < 4.78 is 27.7. The van der Waals surface area contributed by atoms with Crippen molar-refractivity contribution in [2.75, 3.05) is 0 Å². The fourth-order valence-electron chi connectivity index (χ4n) is 3.37. The monoisotopic (exact) mass is 320 g/mol. The van der Waals surface area contributed by atoms with E-state index in [1.165, 1.54) is 0 Å². The van der Waals surface area contributed by atoms with Gasteiger partial charge in [-0.2, -0.15) is 5.10 Å². The van der Waals surface area contributed by atoms with Gasteiger partial charge in [-0.25, -0.2) is 13.1 Å². The van der Waals surface area contributed by atoms with Crippen molar-refractivity contribution in [3.05, 3.63) is 11.4 Å². The zero-order chi connectivity index (χ0) is 13.6. The lowest BCUT2D eigenvalue weighted by Crippen LogP contribution is -2.48. The van der Waals surface area contributed by atoms with E-state index in [-0.39, 0.29) is 18.4 Å². The number of hydrogen-bond donors (Lipinski definition) is 3. The summed E-state index contributed by atoms with van der Waals surface area (Å²) in [5.74, 6) is 0. The highest BCUT2D eigenvalue weighted by molar-refractivity contribution is 7.89. The summed E-state index contributed by atoms with van der Waals surface area (Å²) in [4.78, 5) is 0.304. The van der Waals surface area contributed by atoms with Crippen LogP contribution in [0.2, 0.25) is 0 Å². The summed E-state index contributed by atoms with van der Waals surface area (Å²) in [6, 6.07) is 0.980. The van der Waals surface area contributed by atoms with Crippen molar-refractivity contribution in [3.63, 3.8) is 0 Å². The number of aromatic amines is 1. The maximum Gasteiger partial charge on any atom is 0.244 e. The van der Waals surface area contributed by atoms with Crippen LogP contribution in [0.1, 0.15) is 37.1 Å². The Balaban J connectivity index is 0.00000147.